The molecule has 2 unspecified atom stereocenters. The van der Waals surface area contributed by atoms with E-state index in [0.717, 1.165) is 51.6 Å². The van der Waals surface area contributed by atoms with Gasteiger partial charge in [-0.05, 0) is 55.7 Å². The van der Waals surface area contributed by atoms with Crippen LogP contribution in [-0.2, 0) is 17.8 Å². The minimum Gasteiger partial charge on any atom is -0.481 e. The molecular formula is C22H35NO2. The zero-order valence-corrected chi connectivity index (χ0v) is 16.2. The molecular weight excluding hydrogens is 310 g/mol. The Labute approximate surface area is 153 Å². The molecule has 0 aliphatic carbocycles. The van der Waals surface area contributed by atoms with Crippen LogP contribution in [0, 0.1) is 11.8 Å². The van der Waals surface area contributed by atoms with E-state index in [1.54, 1.807) is 0 Å². The third kappa shape index (κ3) is 6.14. The van der Waals surface area contributed by atoms with Crippen molar-refractivity contribution >= 4 is 5.97 Å². The third-order valence-corrected chi connectivity index (χ3v) is 5.56. The van der Waals surface area contributed by atoms with Gasteiger partial charge in [0.2, 0.25) is 0 Å². The van der Waals surface area contributed by atoms with Gasteiger partial charge in [-0.3, -0.25) is 9.69 Å². The lowest BCUT2D eigenvalue weighted by molar-refractivity contribution is -0.142. The second-order valence-electron chi connectivity index (χ2n) is 8.03. The topological polar surface area (TPSA) is 40.5 Å². The number of aliphatic carboxylic acids is 1. The highest BCUT2D eigenvalue weighted by molar-refractivity contribution is 5.69. The highest BCUT2D eigenvalue weighted by Crippen LogP contribution is 2.28. The molecule has 25 heavy (non-hydrogen) atoms. The quantitative estimate of drug-likeness (QED) is 0.639. The van der Waals surface area contributed by atoms with Gasteiger partial charge in [-0.1, -0.05) is 57.9 Å². The average molecular weight is 346 g/mol. The van der Waals surface area contributed by atoms with Crippen molar-refractivity contribution in [3.8, 4) is 0 Å². The van der Waals surface area contributed by atoms with Crippen molar-refractivity contribution < 1.29 is 9.90 Å². The third-order valence-electron chi connectivity index (χ3n) is 5.56. The van der Waals surface area contributed by atoms with Gasteiger partial charge in [0.25, 0.3) is 0 Å². The van der Waals surface area contributed by atoms with Crippen LogP contribution in [0.15, 0.2) is 24.3 Å². The fraction of sp³-hybridized carbons (Fsp3) is 0.682. The maximum atomic E-state index is 11.6. The van der Waals surface area contributed by atoms with E-state index in [-0.39, 0.29) is 5.92 Å². The maximum Gasteiger partial charge on any atom is 0.306 e. The van der Waals surface area contributed by atoms with Gasteiger partial charge in [-0.25, -0.2) is 0 Å². The molecule has 1 heterocycles. The van der Waals surface area contributed by atoms with E-state index in [4.69, 9.17) is 0 Å². The van der Waals surface area contributed by atoms with E-state index >= 15 is 0 Å². The van der Waals surface area contributed by atoms with E-state index in [1.165, 1.54) is 17.5 Å². The number of rotatable bonds is 10. The summed E-state index contributed by atoms with van der Waals surface area (Å²) < 4.78 is 0. The minimum atomic E-state index is -0.613. The van der Waals surface area contributed by atoms with E-state index in [2.05, 4.69) is 49.9 Å². The first-order valence-corrected chi connectivity index (χ1v) is 10.0. The number of fused-ring (bicyclic) bond motifs is 1. The summed E-state index contributed by atoms with van der Waals surface area (Å²) in [5.41, 5.74) is 2.90. The molecule has 0 amide bonds. The van der Waals surface area contributed by atoms with Crippen molar-refractivity contribution in [1.82, 2.24) is 4.90 Å². The number of hydrogen-bond acceptors (Lipinski definition) is 2. The van der Waals surface area contributed by atoms with Gasteiger partial charge in [0, 0.05) is 12.6 Å². The molecule has 1 aliphatic heterocycles. The van der Waals surface area contributed by atoms with Crippen LogP contribution in [0.25, 0.3) is 0 Å². The van der Waals surface area contributed by atoms with Crippen LogP contribution in [0.5, 0.6) is 0 Å². The first-order chi connectivity index (χ1) is 12.0. The van der Waals surface area contributed by atoms with Crippen LogP contribution in [0.3, 0.4) is 0 Å². The van der Waals surface area contributed by atoms with Crippen molar-refractivity contribution in [2.24, 2.45) is 11.8 Å². The monoisotopic (exact) mass is 345 g/mol. The minimum absolute atomic E-state index is 0.177. The molecule has 0 aromatic heterocycles. The molecule has 3 nitrogen and oxygen atoms in total. The summed E-state index contributed by atoms with van der Waals surface area (Å²) in [6, 6.07) is 9.23. The lowest BCUT2D eigenvalue weighted by Gasteiger charge is -2.38. The predicted molar refractivity (Wildman–Crippen MR) is 104 cm³/mol. The lowest BCUT2D eigenvalue weighted by Crippen LogP contribution is -2.41. The molecule has 0 fully saturated rings. The maximum absolute atomic E-state index is 11.6. The Bertz CT molecular complexity index is 541. The van der Waals surface area contributed by atoms with Gasteiger partial charge in [0.15, 0.2) is 0 Å². The van der Waals surface area contributed by atoms with Crippen molar-refractivity contribution in [3.05, 3.63) is 35.4 Å². The molecule has 0 spiro atoms. The largest absolute Gasteiger partial charge is 0.481 e. The van der Waals surface area contributed by atoms with Crippen LogP contribution in [0.4, 0.5) is 0 Å². The van der Waals surface area contributed by atoms with Crippen LogP contribution < -0.4 is 0 Å². The molecule has 2 atom stereocenters. The molecule has 3 heteroatoms. The normalized spacial score (nSPS) is 19.0. The summed E-state index contributed by atoms with van der Waals surface area (Å²) in [4.78, 5) is 14.2. The number of carboxylic acids is 1. The van der Waals surface area contributed by atoms with Crippen LogP contribution in [-0.4, -0.2) is 28.6 Å². The molecule has 0 radical (unpaired) electrons. The SMILES string of the molecule is CCCCC(CCC1Cc2ccccc2CN1CCC(C)C)C(=O)O. The fourth-order valence-corrected chi connectivity index (χ4v) is 3.85. The predicted octanol–water partition coefficient (Wildman–Crippen LogP) is 5.13. The average Bonchev–Trinajstić information content (AvgIpc) is 2.59. The number of carbonyl (C=O) groups is 1. The number of benzene rings is 1. The molecule has 1 aliphatic rings. The first-order valence-electron chi connectivity index (χ1n) is 10.0. The van der Waals surface area contributed by atoms with Crippen molar-refractivity contribution in [3.63, 3.8) is 0 Å². The molecule has 1 aromatic carbocycles. The van der Waals surface area contributed by atoms with Gasteiger partial charge in [0.05, 0.1) is 5.92 Å². The van der Waals surface area contributed by atoms with E-state index in [9.17, 15) is 9.90 Å². The van der Waals surface area contributed by atoms with Gasteiger partial charge in [-0.15, -0.1) is 0 Å². The number of carboxylic acid groups (broad SMARTS) is 1. The summed E-state index contributed by atoms with van der Waals surface area (Å²) >= 11 is 0. The van der Waals surface area contributed by atoms with Gasteiger partial charge in [0.1, 0.15) is 0 Å². The zero-order chi connectivity index (χ0) is 18.2. The standard InChI is InChI=1S/C22H35NO2/c1-4-5-8-18(22(24)25)11-12-21-15-19-9-6-7-10-20(19)16-23(21)14-13-17(2)3/h6-7,9-10,17-18,21H,4-5,8,11-16H2,1-3H3,(H,24,25). The second kappa shape index (κ2) is 9.96. The van der Waals surface area contributed by atoms with Crippen molar-refractivity contribution in [1.29, 1.82) is 0 Å². The van der Waals surface area contributed by atoms with Gasteiger partial charge in [-0.2, -0.15) is 0 Å². The molecule has 1 N–H and O–H groups in total. The Morgan fingerprint density at radius 2 is 1.92 bits per heavy atom. The number of unbranched alkanes of at least 4 members (excludes halogenated alkanes) is 1. The van der Waals surface area contributed by atoms with E-state index in [0.29, 0.717) is 12.0 Å². The molecule has 0 saturated heterocycles. The Hall–Kier alpha value is -1.35. The first kappa shape index (κ1) is 20.0. The fourth-order valence-electron chi connectivity index (χ4n) is 3.85. The Balaban J connectivity index is 2.02. The Morgan fingerprint density at radius 1 is 1.20 bits per heavy atom. The molecule has 0 saturated carbocycles. The molecule has 2 rings (SSSR count). The highest BCUT2D eigenvalue weighted by atomic mass is 16.4. The summed E-state index contributed by atoms with van der Waals surface area (Å²) in [6.45, 7) is 8.81. The van der Waals surface area contributed by atoms with E-state index in [1.807, 2.05) is 0 Å². The van der Waals surface area contributed by atoms with Gasteiger partial charge < -0.3 is 5.11 Å². The Morgan fingerprint density at radius 3 is 2.56 bits per heavy atom. The van der Waals surface area contributed by atoms with E-state index < -0.39 is 5.97 Å². The smallest absolute Gasteiger partial charge is 0.306 e. The number of nitrogens with zero attached hydrogens (tertiary/aromatic N) is 1. The van der Waals surface area contributed by atoms with Crippen LogP contribution in [0.1, 0.15) is 70.4 Å². The lowest BCUT2D eigenvalue weighted by atomic mass is 9.87. The molecule has 140 valence electrons. The summed E-state index contributed by atoms with van der Waals surface area (Å²) in [5.74, 6) is -0.0865. The Kier molecular flexibility index (Phi) is 7.95. The van der Waals surface area contributed by atoms with Crippen LogP contribution >= 0.6 is 0 Å². The van der Waals surface area contributed by atoms with Gasteiger partial charge >= 0.3 is 5.97 Å². The summed E-state index contributed by atoms with van der Waals surface area (Å²) in [5, 5.41) is 9.52. The zero-order valence-electron chi connectivity index (χ0n) is 16.2. The number of hydrogen-bond donors (Lipinski definition) is 1. The summed E-state index contributed by atoms with van der Waals surface area (Å²) in [6.07, 6.45) is 6.97. The molecule has 1 aromatic rings. The second-order valence-corrected chi connectivity index (χ2v) is 8.03. The highest BCUT2D eigenvalue weighted by Gasteiger charge is 2.27. The van der Waals surface area contributed by atoms with Crippen LogP contribution in [0.2, 0.25) is 0 Å². The molecule has 0 bridgehead atoms. The van der Waals surface area contributed by atoms with Crippen molar-refractivity contribution in [2.75, 3.05) is 6.54 Å². The summed E-state index contributed by atoms with van der Waals surface area (Å²) in [7, 11) is 0. The van der Waals surface area contributed by atoms with Crippen molar-refractivity contribution in [2.45, 2.75) is 78.3 Å².